The summed E-state index contributed by atoms with van der Waals surface area (Å²) >= 11 is 1.88. The Morgan fingerprint density at radius 1 is 0.615 bits per heavy atom. The molecular formula is C37H25NS. The van der Waals surface area contributed by atoms with Crippen molar-refractivity contribution in [3.8, 4) is 16.8 Å². The van der Waals surface area contributed by atoms with Crippen LogP contribution < -0.4 is 10.6 Å². The van der Waals surface area contributed by atoms with Gasteiger partial charge in [0.2, 0.25) is 0 Å². The number of aromatic nitrogens is 1. The van der Waals surface area contributed by atoms with Crippen molar-refractivity contribution in [2.45, 2.75) is 6.42 Å². The third-order valence-corrected chi connectivity index (χ3v) is 9.20. The lowest BCUT2D eigenvalue weighted by atomic mass is 9.90. The lowest BCUT2D eigenvalue weighted by Gasteiger charge is -2.15. The van der Waals surface area contributed by atoms with Gasteiger partial charge in [-0.25, -0.2) is 0 Å². The molecule has 2 heteroatoms. The monoisotopic (exact) mass is 515 g/mol. The number of fused-ring (bicyclic) bond motifs is 9. The number of thiophene rings is 1. The van der Waals surface area contributed by atoms with E-state index in [2.05, 4.69) is 139 Å². The van der Waals surface area contributed by atoms with E-state index in [1.165, 1.54) is 69.6 Å². The molecular weight excluding hydrogens is 490 g/mol. The molecule has 39 heavy (non-hydrogen) atoms. The van der Waals surface area contributed by atoms with E-state index in [4.69, 9.17) is 0 Å². The normalized spacial score (nSPS) is 14.7. The van der Waals surface area contributed by atoms with Crippen molar-refractivity contribution in [1.82, 2.24) is 4.57 Å². The molecule has 0 amide bonds. The Morgan fingerprint density at radius 3 is 2.21 bits per heavy atom. The molecule has 8 rings (SSSR count). The third-order valence-electron chi connectivity index (χ3n) is 7.99. The molecule has 2 heterocycles. The van der Waals surface area contributed by atoms with Crippen LogP contribution in [0.3, 0.4) is 0 Å². The molecule has 0 N–H and O–H groups in total. The summed E-state index contributed by atoms with van der Waals surface area (Å²) in [6, 6.07) is 41.7. The molecule has 1 aliphatic carbocycles. The van der Waals surface area contributed by atoms with E-state index in [9.17, 15) is 0 Å². The first-order valence-corrected chi connectivity index (χ1v) is 14.2. The van der Waals surface area contributed by atoms with E-state index in [1.54, 1.807) is 0 Å². The second kappa shape index (κ2) is 8.69. The van der Waals surface area contributed by atoms with Crippen LogP contribution in [0.25, 0.3) is 65.6 Å². The summed E-state index contributed by atoms with van der Waals surface area (Å²) in [7, 11) is 0. The van der Waals surface area contributed by atoms with Gasteiger partial charge in [-0.3, -0.25) is 0 Å². The Bertz CT molecular complexity index is 2220. The number of hydrogen-bond acceptors (Lipinski definition) is 1. The first-order valence-electron chi connectivity index (χ1n) is 13.4. The van der Waals surface area contributed by atoms with Gasteiger partial charge >= 0.3 is 0 Å². The third kappa shape index (κ3) is 3.39. The highest BCUT2D eigenvalue weighted by Crippen LogP contribution is 2.38. The largest absolute Gasteiger partial charge is 0.308 e. The molecule has 0 atom stereocenters. The van der Waals surface area contributed by atoms with Gasteiger partial charge in [-0.1, -0.05) is 110 Å². The second-order valence-electron chi connectivity index (χ2n) is 10.2. The quantitative estimate of drug-likeness (QED) is 0.207. The molecule has 0 saturated heterocycles. The van der Waals surface area contributed by atoms with Gasteiger partial charge in [0.15, 0.2) is 0 Å². The maximum atomic E-state index is 4.59. The summed E-state index contributed by atoms with van der Waals surface area (Å²) in [5.41, 5.74) is 8.49. The van der Waals surface area contributed by atoms with Gasteiger partial charge in [-0.05, 0) is 58.5 Å². The minimum absolute atomic E-state index is 0.844. The molecule has 0 spiro atoms. The minimum Gasteiger partial charge on any atom is -0.308 e. The predicted octanol–water partition coefficient (Wildman–Crippen LogP) is 8.50. The van der Waals surface area contributed by atoms with Crippen molar-refractivity contribution in [3.05, 3.63) is 144 Å². The van der Waals surface area contributed by atoms with Crippen LogP contribution >= 0.6 is 11.3 Å². The van der Waals surface area contributed by atoms with E-state index in [1.807, 2.05) is 11.3 Å². The molecule has 0 aliphatic heterocycles. The van der Waals surface area contributed by atoms with Crippen LogP contribution in [-0.2, 0) is 6.42 Å². The molecule has 0 bridgehead atoms. The molecule has 0 unspecified atom stereocenters. The number of allylic oxidation sites excluding steroid dienone is 1. The minimum atomic E-state index is 0.844. The highest BCUT2D eigenvalue weighted by atomic mass is 32.1. The molecule has 1 aliphatic rings. The van der Waals surface area contributed by atoms with Crippen LogP contribution in [0.15, 0.2) is 122 Å². The summed E-state index contributed by atoms with van der Waals surface area (Å²) in [4.78, 5) is 0. The summed E-state index contributed by atoms with van der Waals surface area (Å²) in [5.74, 6) is 0. The van der Waals surface area contributed by atoms with Crippen molar-refractivity contribution in [1.29, 1.82) is 0 Å². The van der Waals surface area contributed by atoms with Crippen molar-refractivity contribution in [2.75, 3.05) is 0 Å². The number of hydrogen-bond donors (Lipinski definition) is 0. The first-order chi connectivity index (χ1) is 19.3. The van der Waals surface area contributed by atoms with Crippen LogP contribution in [0, 0.1) is 0 Å². The van der Waals surface area contributed by atoms with Gasteiger partial charge in [-0.2, -0.15) is 0 Å². The standard InChI is InChI=1S/C37H25NS/c1-24-23-32-29-15-6-8-18-33(29)38(35-19-10-17-31-30-16-7-9-20-36(30)39-37(31)35)34(32)22-21-25-11-2-3-13-27(25)28-14-5-4-12-26(24)28/h2-20,22-23H,1,21H2/b32-23-,34-22+. The zero-order valence-electron chi connectivity index (χ0n) is 21.4. The van der Waals surface area contributed by atoms with Crippen molar-refractivity contribution < 1.29 is 0 Å². The number of rotatable bonds is 1. The summed E-state index contributed by atoms with van der Waals surface area (Å²) in [6.07, 6.45) is 5.55. The lowest BCUT2D eigenvalue weighted by molar-refractivity contribution is 1.07. The smallest absolute Gasteiger partial charge is 0.0640 e. The van der Waals surface area contributed by atoms with Crippen molar-refractivity contribution >= 4 is 60.1 Å². The van der Waals surface area contributed by atoms with Crippen LogP contribution in [0.1, 0.15) is 11.1 Å². The average Bonchev–Trinajstić information content (AvgIpc) is 3.52. The van der Waals surface area contributed by atoms with E-state index >= 15 is 0 Å². The maximum absolute atomic E-state index is 4.59. The molecule has 5 aromatic carbocycles. The van der Waals surface area contributed by atoms with Gasteiger partial charge in [-0.15, -0.1) is 11.3 Å². The first kappa shape index (κ1) is 22.3. The summed E-state index contributed by atoms with van der Waals surface area (Å²) in [6.45, 7) is 4.59. The van der Waals surface area contributed by atoms with Gasteiger partial charge in [0, 0.05) is 26.1 Å². The Labute approximate surface area is 230 Å². The Balaban J connectivity index is 1.53. The maximum Gasteiger partial charge on any atom is 0.0640 e. The average molecular weight is 516 g/mol. The molecule has 1 nitrogen and oxygen atoms in total. The lowest BCUT2D eigenvalue weighted by Crippen LogP contribution is -2.29. The zero-order chi connectivity index (χ0) is 25.9. The highest BCUT2D eigenvalue weighted by Gasteiger charge is 2.17. The molecule has 2 aromatic heterocycles. The summed E-state index contributed by atoms with van der Waals surface area (Å²) in [5, 5.41) is 6.32. The molecule has 184 valence electrons. The Hall–Kier alpha value is -4.66. The molecule has 0 fully saturated rings. The van der Waals surface area contributed by atoms with Gasteiger partial charge in [0.1, 0.15) is 0 Å². The van der Waals surface area contributed by atoms with Crippen LogP contribution in [0.2, 0.25) is 0 Å². The van der Waals surface area contributed by atoms with E-state index in [0.29, 0.717) is 0 Å². The SMILES string of the molecule is C=C1/C=c2\c(n(-c3cccc4c3sc3ccccc34)c3ccccc23)=C/Cc2ccccc2-c2ccccc21. The molecule has 7 aromatic rings. The fourth-order valence-electron chi connectivity index (χ4n) is 6.22. The fraction of sp³-hybridized carbons (Fsp3) is 0.0270. The Morgan fingerprint density at radius 2 is 1.31 bits per heavy atom. The topological polar surface area (TPSA) is 4.93 Å². The number of benzene rings is 5. The van der Waals surface area contributed by atoms with Crippen LogP contribution in [-0.4, -0.2) is 4.57 Å². The zero-order valence-corrected chi connectivity index (χ0v) is 22.2. The van der Waals surface area contributed by atoms with Crippen LogP contribution in [0.5, 0.6) is 0 Å². The van der Waals surface area contributed by atoms with Gasteiger partial charge < -0.3 is 4.57 Å². The predicted molar refractivity (Wildman–Crippen MR) is 169 cm³/mol. The number of para-hydroxylation sites is 1. The Kier molecular flexibility index (Phi) is 4.98. The second-order valence-corrected chi connectivity index (χ2v) is 11.2. The summed E-state index contributed by atoms with van der Waals surface area (Å²) < 4.78 is 5.11. The van der Waals surface area contributed by atoms with Gasteiger partial charge in [0.05, 0.1) is 21.3 Å². The van der Waals surface area contributed by atoms with E-state index in [-0.39, 0.29) is 0 Å². The van der Waals surface area contributed by atoms with Gasteiger partial charge in [0.25, 0.3) is 0 Å². The molecule has 0 radical (unpaired) electrons. The highest BCUT2D eigenvalue weighted by molar-refractivity contribution is 7.26. The van der Waals surface area contributed by atoms with Crippen molar-refractivity contribution in [2.24, 2.45) is 0 Å². The van der Waals surface area contributed by atoms with E-state index < -0.39 is 0 Å². The van der Waals surface area contributed by atoms with Crippen LogP contribution in [0.4, 0.5) is 0 Å². The van der Waals surface area contributed by atoms with E-state index in [0.717, 1.165) is 12.0 Å². The number of nitrogens with zero attached hydrogens (tertiary/aromatic N) is 1. The fourth-order valence-corrected chi connectivity index (χ4v) is 7.43. The molecule has 0 saturated carbocycles. The van der Waals surface area contributed by atoms with Crippen molar-refractivity contribution in [3.63, 3.8) is 0 Å².